The van der Waals surface area contributed by atoms with Gasteiger partial charge < -0.3 is 0 Å². The Labute approximate surface area is 175 Å². The zero-order valence-corrected chi connectivity index (χ0v) is 14.9. The maximum absolute atomic E-state index is 14.0. The highest BCUT2D eigenvalue weighted by molar-refractivity contribution is 5.21. The fraction of sp³-hybridized carbons (Fsp3) is 1.00. The van der Waals surface area contributed by atoms with Gasteiger partial charge in [-0.2, -0.15) is 88.8 Å². The molecular weight excluding hydrogens is 572 g/mol. The standard InChI is InChI=1S/C12H2F20O3/c13-1-3(15,16)7(21,22)11(29,30)9(25,26)5(1,19)33-35-34-6(20)2(14)4(17,18)8(23,24)12(31,32)10(6,27)28/h1-2H. The summed E-state index contributed by atoms with van der Waals surface area (Å²) in [5.74, 6) is -74.2. The third-order valence-electron chi connectivity index (χ3n) is 4.87. The van der Waals surface area contributed by atoms with Gasteiger partial charge in [0, 0.05) is 0 Å². The Kier molecular flexibility index (Phi) is 6.00. The normalized spacial score (nSPS) is 41.8. The molecule has 0 N–H and O–H groups in total. The van der Waals surface area contributed by atoms with Crippen LogP contribution < -0.4 is 0 Å². The molecule has 2 aliphatic rings. The van der Waals surface area contributed by atoms with E-state index in [2.05, 4.69) is 0 Å². The molecule has 2 saturated carbocycles. The molecule has 0 heterocycles. The van der Waals surface area contributed by atoms with Crippen molar-refractivity contribution in [1.29, 1.82) is 0 Å². The molecule has 0 radical (unpaired) electrons. The van der Waals surface area contributed by atoms with Gasteiger partial charge in [0.05, 0.1) is 0 Å². The van der Waals surface area contributed by atoms with Crippen molar-refractivity contribution in [3.05, 3.63) is 0 Å². The van der Waals surface area contributed by atoms with Crippen LogP contribution in [0.4, 0.5) is 87.8 Å². The van der Waals surface area contributed by atoms with Crippen LogP contribution in [0.25, 0.3) is 0 Å². The monoisotopic (exact) mass is 574 g/mol. The van der Waals surface area contributed by atoms with Crippen molar-refractivity contribution in [2.24, 2.45) is 0 Å². The summed E-state index contributed by atoms with van der Waals surface area (Å²) in [5.41, 5.74) is 0. The molecule has 2 aliphatic carbocycles. The summed E-state index contributed by atoms with van der Waals surface area (Å²) >= 11 is 0. The first-order chi connectivity index (χ1) is 15.0. The molecule has 0 saturated heterocycles. The number of alkyl halides is 20. The lowest BCUT2D eigenvalue weighted by Gasteiger charge is -2.50. The summed E-state index contributed by atoms with van der Waals surface area (Å²) in [5, 5.41) is 2.03. The lowest BCUT2D eigenvalue weighted by molar-refractivity contribution is -0.655. The van der Waals surface area contributed by atoms with E-state index in [0.29, 0.717) is 0 Å². The van der Waals surface area contributed by atoms with Crippen molar-refractivity contribution in [3.63, 3.8) is 0 Å². The van der Waals surface area contributed by atoms with Crippen LogP contribution in [-0.2, 0) is 14.8 Å². The van der Waals surface area contributed by atoms with Crippen LogP contribution in [0.1, 0.15) is 0 Å². The topological polar surface area (TPSA) is 27.7 Å². The lowest BCUT2D eigenvalue weighted by atomic mass is 9.80. The number of rotatable bonds is 4. The first kappa shape index (κ1) is 29.7. The van der Waals surface area contributed by atoms with Gasteiger partial charge >= 0.3 is 59.1 Å². The minimum absolute atomic E-state index is 2.03. The molecule has 0 aromatic rings. The van der Waals surface area contributed by atoms with Crippen LogP contribution in [-0.4, -0.2) is 71.4 Å². The number of hydrogen-bond acceptors (Lipinski definition) is 3. The van der Waals surface area contributed by atoms with Crippen molar-refractivity contribution >= 4 is 0 Å². The first-order valence-corrected chi connectivity index (χ1v) is 7.73. The Morgan fingerprint density at radius 2 is 0.571 bits per heavy atom. The second-order valence-corrected chi connectivity index (χ2v) is 6.94. The van der Waals surface area contributed by atoms with Crippen molar-refractivity contribution in [1.82, 2.24) is 0 Å². The lowest BCUT2D eigenvalue weighted by Crippen LogP contribution is -2.81. The van der Waals surface area contributed by atoms with Crippen molar-refractivity contribution < 1.29 is 103 Å². The Morgan fingerprint density at radius 3 is 0.800 bits per heavy atom. The van der Waals surface area contributed by atoms with E-state index in [0.717, 1.165) is 0 Å². The molecule has 0 bridgehead atoms. The summed E-state index contributed by atoms with van der Waals surface area (Å²) < 4.78 is 266. The average molecular weight is 574 g/mol. The molecule has 0 spiro atoms. The fourth-order valence-corrected chi connectivity index (χ4v) is 2.65. The Bertz CT molecular complexity index is 788. The van der Waals surface area contributed by atoms with Gasteiger partial charge in [0.2, 0.25) is 12.3 Å². The van der Waals surface area contributed by atoms with Gasteiger partial charge in [-0.15, -0.1) is 0 Å². The van der Waals surface area contributed by atoms with Gasteiger partial charge in [-0.05, 0) is 0 Å². The molecule has 0 aromatic heterocycles. The van der Waals surface area contributed by atoms with E-state index in [1.165, 1.54) is 0 Å². The minimum atomic E-state index is -7.70. The molecule has 4 unspecified atom stereocenters. The predicted octanol–water partition coefficient (Wildman–Crippen LogP) is 5.98. The second-order valence-electron chi connectivity index (χ2n) is 6.94. The van der Waals surface area contributed by atoms with Crippen molar-refractivity contribution in [2.75, 3.05) is 0 Å². The Morgan fingerprint density at radius 1 is 0.343 bits per heavy atom. The summed E-state index contributed by atoms with van der Waals surface area (Å²) in [6.07, 6.45) is -12.1. The SMILES string of the molecule is FC1C(F)(F)C(F)(F)C(F)(F)C(F)(F)C1(F)OOOC1(F)C(F)C(F)(F)C(F)(F)C(F)(F)C1(F)F. The summed E-state index contributed by atoms with van der Waals surface area (Å²) in [6.45, 7) is 0. The second kappa shape index (κ2) is 7.07. The zero-order valence-electron chi connectivity index (χ0n) is 14.9. The summed E-state index contributed by atoms with van der Waals surface area (Å²) in [7, 11) is 0. The van der Waals surface area contributed by atoms with Crippen LogP contribution in [0, 0.1) is 0 Å². The van der Waals surface area contributed by atoms with Gasteiger partial charge in [-0.1, -0.05) is 5.04 Å². The molecule has 35 heavy (non-hydrogen) atoms. The summed E-state index contributed by atoms with van der Waals surface area (Å²) in [4.78, 5) is 4.07. The van der Waals surface area contributed by atoms with E-state index in [1.54, 1.807) is 0 Å². The van der Waals surface area contributed by atoms with Crippen molar-refractivity contribution in [2.45, 2.75) is 71.4 Å². The summed E-state index contributed by atoms with van der Waals surface area (Å²) in [6, 6.07) is 0. The third-order valence-corrected chi connectivity index (χ3v) is 4.87. The highest BCUT2D eigenvalue weighted by Gasteiger charge is 2.98. The molecule has 2 fully saturated rings. The molecule has 2 rings (SSSR count). The van der Waals surface area contributed by atoms with E-state index >= 15 is 0 Å². The van der Waals surface area contributed by atoms with Gasteiger partial charge in [0.1, 0.15) is 0 Å². The molecule has 23 heteroatoms. The van der Waals surface area contributed by atoms with Crippen LogP contribution in [0.5, 0.6) is 0 Å². The highest BCUT2D eigenvalue weighted by atomic mass is 19.4. The first-order valence-electron chi connectivity index (χ1n) is 7.73. The molecule has 4 atom stereocenters. The van der Waals surface area contributed by atoms with E-state index in [4.69, 9.17) is 0 Å². The molecule has 0 amide bonds. The van der Waals surface area contributed by atoms with Crippen LogP contribution in [0.3, 0.4) is 0 Å². The fourth-order valence-electron chi connectivity index (χ4n) is 2.65. The van der Waals surface area contributed by atoms with Crippen LogP contribution in [0.15, 0.2) is 0 Å². The van der Waals surface area contributed by atoms with E-state index < -0.39 is 71.4 Å². The molecule has 0 aliphatic heterocycles. The maximum Gasteiger partial charge on any atom is 0.384 e. The highest BCUT2D eigenvalue weighted by Crippen LogP contribution is 2.67. The van der Waals surface area contributed by atoms with Crippen LogP contribution >= 0.6 is 0 Å². The largest absolute Gasteiger partial charge is 0.384 e. The number of hydrogen-bond donors (Lipinski definition) is 0. The van der Waals surface area contributed by atoms with Gasteiger partial charge in [0.15, 0.2) is 0 Å². The molecule has 208 valence electrons. The van der Waals surface area contributed by atoms with E-state index in [1.807, 2.05) is 14.8 Å². The van der Waals surface area contributed by atoms with Crippen molar-refractivity contribution in [3.8, 4) is 0 Å². The van der Waals surface area contributed by atoms with Crippen LogP contribution in [0.2, 0.25) is 0 Å². The molecular formula is C12H2F20O3. The van der Waals surface area contributed by atoms with E-state index in [-0.39, 0.29) is 0 Å². The zero-order chi connectivity index (χ0) is 28.3. The smallest absolute Gasteiger partial charge is 0.234 e. The maximum atomic E-state index is 14.0. The van der Waals surface area contributed by atoms with E-state index in [9.17, 15) is 87.8 Å². The van der Waals surface area contributed by atoms with Gasteiger partial charge in [-0.3, -0.25) is 0 Å². The quantitative estimate of drug-likeness (QED) is 0.235. The molecule has 3 nitrogen and oxygen atoms in total. The predicted molar refractivity (Wildman–Crippen MR) is 60.3 cm³/mol. The third kappa shape index (κ3) is 2.87. The van der Waals surface area contributed by atoms with Gasteiger partial charge in [-0.25, -0.2) is 8.78 Å². The Balaban J connectivity index is 2.49. The minimum Gasteiger partial charge on any atom is -0.234 e. The number of halogens is 20. The average Bonchev–Trinajstić information content (AvgIpc) is 2.69. The molecule has 0 aromatic carbocycles. The Hall–Kier alpha value is -1.52. The van der Waals surface area contributed by atoms with Gasteiger partial charge in [0.25, 0.3) is 0 Å².